The van der Waals surface area contributed by atoms with Crippen LogP contribution < -0.4 is 5.32 Å². The second kappa shape index (κ2) is 6.54. The third-order valence-electron chi connectivity index (χ3n) is 2.33. The van der Waals surface area contributed by atoms with Gasteiger partial charge in [0.1, 0.15) is 6.54 Å². The number of carbonyl (C=O) groups excluding carboxylic acids is 1. The van der Waals surface area contributed by atoms with Crippen molar-refractivity contribution < 1.29 is 9.53 Å². The molecule has 100 valence electrons. The van der Waals surface area contributed by atoms with Crippen LogP contribution in [-0.2, 0) is 9.53 Å². The summed E-state index contributed by atoms with van der Waals surface area (Å²) in [6.45, 7) is 2.29. The quantitative estimate of drug-likeness (QED) is 0.859. The maximum atomic E-state index is 11.2. The number of thiazole rings is 1. The van der Waals surface area contributed by atoms with Crippen molar-refractivity contribution in [2.45, 2.75) is 6.92 Å². The number of rotatable bonds is 5. The summed E-state index contributed by atoms with van der Waals surface area (Å²) in [6.07, 6.45) is 0. The molecule has 2 aromatic rings. The number of carbonyl (C=O) groups is 1. The number of hydrogen-bond donors (Lipinski definition) is 1. The molecule has 0 atom stereocenters. The zero-order valence-corrected chi connectivity index (χ0v) is 11.9. The topological polar surface area (TPSA) is 51.2 Å². The molecule has 0 aliphatic heterocycles. The van der Waals surface area contributed by atoms with Gasteiger partial charge in [-0.1, -0.05) is 23.7 Å². The number of hydrogen-bond acceptors (Lipinski definition) is 5. The van der Waals surface area contributed by atoms with Crippen molar-refractivity contribution in [3.05, 3.63) is 34.7 Å². The van der Waals surface area contributed by atoms with E-state index in [1.54, 1.807) is 6.92 Å². The van der Waals surface area contributed by atoms with Crippen molar-refractivity contribution in [3.63, 3.8) is 0 Å². The Morgan fingerprint density at radius 3 is 2.84 bits per heavy atom. The molecule has 1 aromatic carbocycles. The summed E-state index contributed by atoms with van der Waals surface area (Å²) < 4.78 is 4.83. The first kappa shape index (κ1) is 13.8. The van der Waals surface area contributed by atoms with E-state index in [2.05, 4.69) is 10.3 Å². The maximum Gasteiger partial charge on any atom is 0.325 e. The maximum absolute atomic E-state index is 11.2. The first-order chi connectivity index (χ1) is 9.19. The molecule has 19 heavy (non-hydrogen) atoms. The largest absolute Gasteiger partial charge is 0.465 e. The van der Waals surface area contributed by atoms with Gasteiger partial charge in [-0.25, -0.2) is 4.98 Å². The molecule has 1 heterocycles. The van der Waals surface area contributed by atoms with Gasteiger partial charge in [-0.05, 0) is 19.1 Å². The highest BCUT2D eigenvalue weighted by Gasteiger charge is 2.06. The van der Waals surface area contributed by atoms with E-state index < -0.39 is 0 Å². The van der Waals surface area contributed by atoms with E-state index in [-0.39, 0.29) is 12.5 Å². The van der Waals surface area contributed by atoms with Crippen LogP contribution in [0.25, 0.3) is 11.3 Å². The van der Waals surface area contributed by atoms with Crippen molar-refractivity contribution in [3.8, 4) is 11.3 Å². The molecule has 2 rings (SSSR count). The third kappa shape index (κ3) is 3.94. The van der Waals surface area contributed by atoms with Gasteiger partial charge >= 0.3 is 5.97 Å². The molecule has 0 aliphatic rings. The monoisotopic (exact) mass is 296 g/mol. The number of anilines is 1. The van der Waals surface area contributed by atoms with E-state index in [0.717, 1.165) is 11.3 Å². The van der Waals surface area contributed by atoms with Crippen molar-refractivity contribution >= 4 is 34.0 Å². The molecule has 0 fully saturated rings. The standard InChI is InChI=1S/C13H13ClN2O2S/c1-2-18-12(17)7-15-13-16-11(8-19-13)9-3-5-10(14)6-4-9/h3-6,8H,2,7H2,1H3,(H,15,16). The van der Waals surface area contributed by atoms with Crippen LogP contribution >= 0.6 is 22.9 Å². The molecule has 0 bridgehead atoms. The molecule has 6 heteroatoms. The minimum atomic E-state index is -0.286. The molecule has 0 saturated heterocycles. The molecule has 0 saturated carbocycles. The molecule has 0 spiro atoms. The van der Waals surface area contributed by atoms with Gasteiger partial charge in [0, 0.05) is 16.0 Å². The fraction of sp³-hybridized carbons (Fsp3) is 0.231. The number of benzene rings is 1. The lowest BCUT2D eigenvalue weighted by atomic mass is 10.2. The smallest absolute Gasteiger partial charge is 0.325 e. The van der Waals surface area contributed by atoms with Crippen molar-refractivity contribution in [1.29, 1.82) is 0 Å². The van der Waals surface area contributed by atoms with Crippen molar-refractivity contribution in [1.82, 2.24) is 4.98 Å². The van der Waals surface area contributed by atoms with Crippen LogP contribution in [0.5, 0.6) is 0 Å². The highest BCUT2D eigenvalue weighted by atomic mass is 35.5. The lowest BCUT2D eigenvalue weighted by Crippen LogP contribution is -2.16. The number of esters is 1. The Labute approximate surface area is 120 Å². The Balaban J connectivity index is 1.99. The Bertz CT molecular complexity index is 554. The highest BCUT2D eigenvalue weighted by Crippen LogP contribution is 2.25. The van der Waals surface area contributed by atoms with E-state index in [9.17, 15) is 4.79 Å². The first-order valence-electron chi connectivity index (χ1n) is 5.80. The normalized spacial score (nSPS) is 10.2. The van der Waals surface area contributed by atoms with Gasteiger partial charge < -0.3 is 10.1 Å². The fourth-order valence-corrected chi connectivity index (χ4v) is 2.31. The average Bonchev–Trinajstić information content (AvgIpc) is 2.86. The summed E-state index contributed by atoms with van der Waals surface area (Å²) in [5.41, 5.74) is 1.85. The summed E-state index contributed by atoms with van der Waals surface area (Å²) in [5, 5.41) is 6.25. The first-order valence-corrected chi connectivity index (χ1v) is 7.05. The average molecular weight is 297 g/mol. The van der Waals surface area contributed by atoms with Gasteiger partial charge in [-0.3, -0.25) is 4.79 Å². The molecule has 0 aliphatic carbocycles. The Morgan fingerprint density at radius 1 is 1.42 bits per heavy atom. The minimum absolute atomic E-state index is 0.126. The Kier molecular flexibility index (Phi) is 4.76. The van der Waals surface area contributed by atoms with Crippen molar-refractivity contribution in [2.24, 2.45) is 0 Å². The molecule has 1 aromatic heterocycles. The number of nitrogens with one attached hydrogen (secondary N) is 1. The number of aromatic nitrogens is 1. The molecule has 0 radical (unpaired) electrons. The van der Waals surface area contributed by atoms with Gasteiger partial charge in [-0.2, -0.15) is 0 Å². The van der Waals surface area contributed by atoms with Crippen molar-refractivity contribution in [2.75, 3.05) is 18.5 Å². The van der Waals surface area contributed by atoms with Crippen LogP contribution in [0.4, 0.5) is 5.13 Å². The molecular formula is C13H13ClN2O2S. The van der Waals surface area contributed by atoms with Crippen LogP contribution in [0.1, 0.15) is 6.92 Å². The van der Waals surface area contributed by atoms with E-state index in [1.807, 2.05) is 29.6 Å². The molecular weight excluding hydrogens is 284 g/mol. The van der Waals surface area contributed by atoms with Crippen LogP contribution in [-0.4, -0.2) is 24.1 Å². The Hall–Kier alpha value is -1.59. The summed E-state index contributed by atoms with van der Waals surface area (Å²) in [4.78, 5) is 15.6. The van der Waals surface area contributed by atoms with Gasteiger partial charge in [0.05, 0.1) is 12.3 Å². The lowest BCUT2D eigenvalue weighted by Gasteiger charge is -2.02. The van der Waals surface area contributed by atoms with Gasteiger partial charge in [0.25, 0.3) is 0 Å². The highest BCUT2D eigenvalue weighted by molar-refractivity contribution is 7.14. The Morgan fingerprint density at radius 2 is 2.16 bits per heavy atom. The second-order valence-electron chi connectivity index (χ2n) is 3.70. The van der Waals surface area contributed by atoms with E-state index in [1.165, 1.54) is 11.3 Å². The van der Waals surface area contributed by atoms with Crippen LogP contribution in [0.2, 0.25) is 5.02 Å². The summed E-state index contributed by atoms with van der Waals surface area (Å²) >= 11 is 7.28. The molecule has 0 unspecified atom stereocenters. The molecule has 4 nitrogen and oxygen atoms in total. The summed E-state index contributed by atoms with van der Waals surface area (Å²) in [5.74, 6) is -0.286. The number of ether oxygens (including phenoxy) is 1. The van der Waals surface area contributed by atoms with Crippen LogP contribution in [0.3, 0.4) is 0 Å². The van der Waals surface area contributed by atoms with E-state index in [0.29, 0.717) is 16.8 Å². The predicted molar refractivity (Wildman–Crippen MR) is 77.7 cm³/mol. The van der Waals surface area contributed by atoms with Gasteiger partial charge in [0.15, 0.2) is 5.13 Å². The molecule has 1 N–H and O–H groups in total. The van der Waals surface area contributed by atoms with E-state index in [4.69, 9.17) is 16.3 Å². The predicted octanol–water partition coefficient (Wildman–Crippen LogP) is 3.44. The lowest BCUT2D eigenvalue weighted by molar-refractivity contribution is -0.140. The summed E-state index contributed by atoms with van der Waals surface area (Å²) in [6, 6.07) is 7.46. The SMILES string of the molecule is CCOC(=O)CNc1nc(-c2ccc(Cl)cc2)cs1. The third-order valence-corrected chi connectivity index (χ3v) is 3.39. The van der Waals surface area contributed by atoms with E-state index >= 15 is 0 Å². The zero-order chi connectivity index (χ0) is 13.7. The minimum Gasteiger partial charge on any atom is -0.465 e. The van der Waals surface area contributed by atoms with Crippen LogP contribution in [0, 0.1) is 0 Å². The number of nitrogens with zero attached hydrogens (tertiary/aromatic N) is 1. The second-order valence-corrected chi connectivity index (χ2v) is 5.00. The molecule has 0 amide bonds. The van der Waals surface area contributed by atoms with Gasteiger partial charge in [-0.15, -0.1) is 11.3 Å². The fourth-order valence-electron chi connectivity index (χ4n) is 1.47. The number of halogens is 1. The van der Waals surface area contributed by atoms with Gasteiger partial charge in [0.2, 0.25) is 0 Å². The zero-order valence-electron chi connectivity index (χ0n) is 10.4. The van der Waals surface area contributed by atoms with Crippen LogP contribution in [0.15, 0.2) is 29.6 Å². The summed E-state index contributed by atoms with van der Waals surface area (Å²) in [7, 11) is 0.